The maximum atomic E-state index is 12.8. The molecule has 29 heavy (non-hydrogen) atoms. The molecule has 0 atom stereocenters. The van der Waals surface area contributed by atoms with Crippen molar-refractivity contribution in [3.05, 3.63) is 52.2 Å². The second kappa shape index (κ2) is 9.28. The lowest BCUT2D eigenvalue weighted by molar-refractivity contribution is 0.0930. The fraction of sp³-hybridized carbons (Fsp3) is 0.476. The van der Waals surface area contributed by atoms with Gasteiger partial charge in [-0.3, -0.25) is 4.79 Å². The summed E-state index contributed by atoms with van der Waals surface area (Å²) in [6.45, 7) is 3.30. The number of nitrogens with one attached hydrogen (secondary N) is 1. The Morgan fingerprint density at radius 3 is 2.55 bits per heavy atom. The zero-order valence-corrected chi connectivity index (χ0v) is 18.5. The number of carbonyl (C=O) groups excluding carboxylic acids is 1. The third-order valence-corrected chi connectivity index (χ3v) is 8.71. The number of methoxy groups -OCH3 is 1. The van der Waals surface area contributed by atoms with E-state index >= 15 is 0 Å². The molecule has 3 rings (SSSR count). The first kappa shape index (κ1) is 21.8. The average Bonchev–Trinajstić information content (AvgIpc) is 3.28. The number of rotatable bonds is 8. The van der Waals surface area contributed by atoms with Crippen molar-refractivity contribution >= 4 is 27.3 Å². The van der Waals surface area contributed by atoms with Gasteiger partial charge in [0.15, 0.2) is 0 Å². The minimum absolute atomic E-state index is 0.181. The molecule has 0 aliphatic carbocycles. The van der Waals surface area contributed by atoms with Gasteiger partial charge in [-0.05, 0) is 42.8 Å². The van der Waals surface area contributed by atoms with Crippen molar-refractivity contribution < 1.29 is 17.9 Å². The zero-order chi connectivity index (χ0) is 20.9. The Balaban J connectivity index is 1.75. The second-order valence-corrected chi connectivity index (χ2v) is 10.4. The number of hydrogen-bond acceptors (Lipinski definition) is 5. The molecular formula is C21H28N2O4S2. The molecule has 8 heteroatoms. The summed E-state index contributed by atoms with van der Waals surface area (Å²) in [5.74, 6) is 0.541. The van der Waals surface area contributed by atoms with Crippen LogP contribution in [0, 0.1) is 0 Å². The zero-order valence-electron chi connectivity index (χ0n) is 16.9. The van der Waals surface area contributed by atoms with Gasteiger partial charge in [0.1, 0.15) is 5.75 Å². The molecule has 1 aliphatic heterocycles. The van der Waals surface area contributed by atoms with Gasteiger partial charge < -0.3 is 10.1 Å². The molecule has 1 fully saturated rings. The first-order valence-electron chi connectivity index (χ1n) is 9.85. The van der Waals surface area contributed by atoms with Crippen LogP contribution in [0.5, 0.6) is 5.75 Å². The number of sulfonamides is 1. The number of benzene rings is 1. The summed E-state index contributed by atoms with van der Waals surface area (Å²) in [7, 11) is -1.66. The number of hydrogen-bond donors (Lipinski definition) is 1. The Kier molecular flexibility index (Phi) is 6.97. The lowest BCUT2D eigenvalue weighted by Gasteiger charge is -2.41. The van der Waals surface area contributed by atoms with E-state index in [0.29, 0.717) is 50.2 Å². The van der Waals surface area contributed by atoms with Gasteiger partial charge >= 0.3 is 0 Å². The number of amides is 1. The molecule has 1 aromatic carbocycles. The standard InChI is InChI=1S/C21H28N2O4S2/c1-3-15-29(25,26)23-12-10-21(11-13-23,19-9-6-14-28-19)16-22-20(24)17-7-4-5-8-18(17)27-2/h4-9,14H,3,10-13,15-16H2,1-2H3,(H,22,24). The van der Waals surface area contributed by atoms with Crippen LogP contribution in [0.3, 0.4) is 0 Å². The van der Waals surface area contributed by atoms with E-state index in [1.54, 1.807) is 34.9 Å². The predicted molar refractivity (Wildman–Crippen MR) is 116 cm³/mol. The molecule has 158 valence electrons. The number of thiophene rings is 1. The van der Waals surface area contributed by atoms with Crippen molar-refractivity contribution in [1.82, 2.24) is 9.62 Å². The Hall–Kier alpha value is -1.90. The van der Waals surface area contributed by atoms with Gasteiger partial charge in [-0.1, -0.05) is 25.1 Å². The molecule has 0 spiro atoms. The number of carbonyl (C=O) groups is 1. The molecule has 2 heterocycles. The van der Waals surface area contributed by atoms with E-state index in [4.69, 9.17) is 4.74 Å². The molecule has 0 unspecified atom stereocenters. The van der Waals surface area contributed by atoms with Gasteiger partial charge in [-0.15, -0.1) is 11.3 Å². The molecule has 0 saturated carbocycles. The van der Waals surface area contributed by atoms with Crippen LogP contribution in [-0.4, -0.2) is 51.1 Å². The van der Waals surface area contributed by atoms with E-state index in [9.17, 15) is 13.2 Å². The number of piperidine rings is 1. The Labute approximate surface area is 176 Å². The summed E-state index contributed by atoms with van der Waals surface area (Å²) >= 11 is 1.66. The maximum absolute atomic E-state index is 12.8. The maximum Gasteiger partial charge on any atom is 0.255 e. The van der Waals surface area contributed by atoms with Gasteiger partial charge in [-0.2, -0.15) is 0 Å². The van der Waals surface area contributed by atoms with E-state index in [2.05, 4.69) is 11.4 Å². The minimum atomic E-state index is -3.20. The summed E-state index contributed by atoms with van der Waals surface area (Å²) in [5, 5.41) is 5.10. The molecule has 1 aromatic heterocycles. The van der Waals surface area contributed by atoms with Gasteiger partial charge in [-0.25, -0.2) is 12.7 Å². The van der Waals surface area contributed by atoms with Crippen LogP contribution in [0.25, 0.3) is 0 Å². The van der Waals surface area contributed by atoms with Crippen LogP contribution in [-0.2, 0) is 15.4 Å². The molecule has 1 amide bonds. The molecule has 6 nitrogen and oxygen atoms in total. The predicted octanol–water partition coefficient (Wildman–Crippen LogP) is 3.26. The Morgan fingerprint density at radius 2 is 1.93 bits per heavy atom. The SMILES string of the molecule is CCCS(=O)(=O)N1CCC(CNC(=O)c2ccccc2OC)(c2cccs2)CC1. The summed E-state index contributed by atoms with van der Waals surface area (Å²) in [6.07, 6.45) is 1.98. The smallest absolute Gasteiger partial charge is 0.255 e. The summed E-state index contributed by atoms with van der Waals surface area (Å²) in [6, 6.07) is 11.2. The van der Waals surface area contributed by atoms with E-state index < -0.39 is 10.0 Å². The molecule has 0 radical (unpaired) electrons. The number of nitrogens with zero attached hydrogens (tertiary/aromatic N) is 1. The number of para-hydroxylation sites is 1. The first-order chi connectivity index (χ1) is 13.9. The molecule has 1 aliphatic rings. The summed E-state index contributed by atoms with van der Waals surface area (Å²) in [4.78, 5) is 14.0. The highest BCUT2D eigenvalue weighted by Crippen LogP contribution is 2.38. The van der Waals surface area contributed by atoms with Crippen LogP contribution in [0.4, 0.5) is 0 Å². The molecule has 0 bridgehead atoms. The van der Waals surface area contributed by atoms with Crippen LogP contribution in [0.15, 0.2) is 41.8 Å². The first-order valence-corrected chi connectivity index (χ1v) is 12.3. The third kappa shape index (κ3) is 4.82. The average molecular weight is 437 g/mol. The van der Waals surface area contributed by atoms with E-state index in [1.165, 1.54) is 4.88 Å². The van der Waals surface area contributed by atoms with Crippen molar-refractivity contribution in [1.29, 1.82) is 0 Å². The summed E-state index contributed by atoms with van der Waals surface area (Å²) < 4.78 is 31.8. The Bertz CT molecular complexity index is 918. The van der Waals surface area contributed by atoms with Crippen molar-refractivity contribution in [2.45, 2.75) is 31.6 Å². The van der Waals surface area contributed by atoms with Crippen molar-refractivity contribution in [2.24, 2.45) is 0 Å². The van der Waals surface area contributed by atoms with Gasteiger partial charge in [0.25, 0.3) is 5.91 Å². The topological polar surface area (TPSA) is 75.7 Å². The summed E-state index contributed by atoms with van der Waals surface area (Å²) in [5.41, 5.74) is 0.239. The van der Waals surface area contributed by atoms with Crippen LogP contribution in [0.2, 0.25) is 0 Å². The second-order valence-electron chi connectivity index (χ2n) is 7.36. The number of ether oxygens (including phenoxy) is 1. The quantitative estimate of drug-likeness (QED) is 0.689. The van der Waals surface area contributed by atoms with E-state index in [0.717, 1.165) is 0 Å². The third-order valence-electron chi connectivity index (χ3n) is 5.52. The monoisotopic (exact) mass is 436 g/mol. The minimum Gasteiger partial charge on any atom is -0.496 e. The van der Waals surface area contributed by atoms with Gasteiger partial charge in [0.2, 0.25) is 10.0 Å². The van der Waals surface area contributed by atoms with Crippen LogP contribution in [0.1, 0.15) is 41.4 Å². The van der Waals surface area contributed by atoms with E-state index in [1.807, 2.05) is 30.5 Å². The molecule has 2 aromatic rings. The van der Waals surface area contributed by atoms with Crippen LogP contribution < -0.4 is 10.1 Å². The van der Waals surface area contributed by atoms with Gasteiger partial charge in [0, 0.05) is 29.9 Å². The Morgan fingerprint density at radius 1 is 1.21 bits per heavy atom. The molecule has 1 N–H and O–H groups in total. The lowest BCUT2D eigenvalue weighted by atomic mass is 9.77. The van der Waals surface area contributed by atoms with Crippen molar-refractivity contribution in [2.75, 3.05) is 32.5 Å². The molecular weight excluding hydrogens is 408 g/mol. The fourth-order valence-corrected chi connectivity index (χ4v) is 6.35. The van der Waals surface area contributed by atoms with Crippen LogP contribution >= 0.6 is 11.3 Å². The van der Waals surface area contributed by atoms with Crippen molar-refractivity contribution in [3.8, 4) is 5.75 Å². The lowest BCUT2D eigenvalue weighted by Crippen LogP contribution is -2.50. The highest BCUT2D eigenvalue weighted by molar-refractivity contribution is 7.89. The molecule has 1 saturated heterocycles. The fourth-order valence-electron chi connectivity index (χ4n) is 3.85. The van der Waals surface area contributed by atoms with Crippen molar-refractivity contribution in [3.63, 3.8) is 0 Å². The van der Waals surface area contributed by atoms with Gasteiger partial charge in [0.05, 0.1) is 18.4 Å². The highest BCUT2D eigenvalue weighted by atomic mass is 32.2. The normalized spacial score (nSPS) is 17.0. The highest BCUT2D eigenvalue weighted by Gasteiger charge is 2.40. The van der Waals surface area contributed by atoms with E-state index in [-0.39, 0.29) is 17.1 Å². The largest absolute Gasteiger partial charge is 0.496 e.